The Morgan fingerprint density at radius 2 is 2.15 bits per heavy atom. The highest BCUT2D eigenvalue weighted by molar-refractivity contribution is 6.01. The Kier molecular flexibility index (Phi) is 3.78. The van der Waals surface area contributed by atoms with Crippen LogP contribution >= 0.6 is 0 Å². The summed E-state index contributed by atoms with van der Waals surface area (Å²) in [6.45, 7) is 0. The molecule has 1 aliphatic rings. The maximum Gasteiger partial charge on any atom is 0.251 e. The van der Waals surface area contributed by atoms with Crippen molar-refractivity contribution >= 4 is 23.2 Å². The number of likely N-dealkylation sites (N-methyl/N-ethyl adjacent to an activating group) is 1. The fraction of sp³-hybridized carbons (Fsp3) is 0.385. The first-order chi connectivity index (χ1) is 9.43. The second kappa shape index (κ2) is 5.36. The zero-order chi connectivity index (χ0) is 14.9. The number of nitrogen functional groups attached to an aromatic ring is 1. The topological polar surface area (TPSA) is 84.7 Å². The summed E-state index contributed by atoms with van der Waals surface area (Å²) in [7, 11) is 2.78. The third kappa shape index (κ3) is 2.52. The Labute approximate surface area is 115 Å². The monoisotopic (exact) mass is 281 g/mol. The van der Waals surface area contributed by atoms with Gasteiger partial charge in [0.15, 0.2) is 11.6 Å². The van der Waals surface area contributed by atoms with E-state index in [1.165, 1.54) is 20.2 Å². The number of hydrogen-bond acceptors (Lipinski definition) is 5. The number of rotatable bonds is 3. The van der Waals surface area contributed by atoms with Gasteiger partial charge in [0.05, 0.1) is 18.5 Å². The van der Waals surface area contributed by atoms with E-state index in [9.17, 15) is 14.0 Å². The van der Waals surface area contributed by atoms with Crippen LogP contribution in [-0.4, -0.2) is 36.9 Å². The van der Waals surface area contributed by atoms with Crippen molar-refractivity contribution in [3.63, 3.8) is 0 Å². The molecule has 2 rings (SSSR count). The molecule has 2 amide bonds. The lowest BCUT2D eigenvalue weighted by Gasteiger charge is -2.29. The van der Waals surface area contributed by atoms with Crippen molar-refractivity contribution in [3.05, 3.63) is 17.9 Å². The van der Waals surface area contributed by atoms with Crippen molar-refractivity contribution in [2.45, 2.75) is 18.9 Å². The van der Waals surface area contributed by atoms with Gasteiger partial charge in [-0.2, -0.15) is 0 Å². The summed E-state index contributed by atoms with van der Waals surface area (Å²) in [6.07, 6.45) is 0.652. The van der Waals surface area contributed by atoms with Crippen LogP contribution in [0.4, 0.5) is 15.8 Å². The number of nitrogens with two attached hydrogens (primary N) is 1. The molecule has 7 heteroatoms. The van der Waals surface area contributed by atoms with Crippen molar-refractivity contribution in [1.29, 1.82) is 0 Å². The zero-order valence-corrected chi connectivity index (χ0v) is 11.3. The number of imide groups is 1. The Balaban J connectivity index is 2.22. The molecule has 3 N–H and O–H groups in total. The number of nitrogens with zero attached hydrogens (tertiary/aromatic N) is 1. The van der Waals surface area contributed by atoms with E-state index < -0.39 is 11.9 Å². The Morgan fingerprint density at radius 3 is 2.80 bits per heavy atom. The number of halogens is 1. The van der Waals surface area contributed by atoms with Crippen molar-refractivity contribution in [1.82, 2.24) is 4.90 Å². The van der Waals surface area contributed by atoms with Gasteiger partial charge in [0.25, 0.3) is 5.91 Å². The summed E-state index contributed by atoms with van der Waals surface area (Å²) in [6, 6.07) is 1.97. The molecule has 1 atom stereocenters. The molecule has 1 aliphatic heterocycles. The van der Waals surface area contributed by atoms with Crippen LogP contribution < -0.4 is 15.8 Å². The van der Waals surface area contributed by atoms with Crippen LogP contribution in [-0.2, 0) is 9.59 Å². The molecule has 0 radical (unpaired) electrons. The number of likely N-dealkylation sites (tertiary alicyclic amines) is 1. The highest BCUT2D eigenvalue weighted by Crippen LogP contribution is 2.29. The lowest BCUT2D eigenvalue weighted by atomic mass is 10.0. The minimum atomic E-state index is -0.571. The van der Waals surface area contributed by atoms with E-state index in [1.807, 2.05) is 0 Å². The van der Waals surface area contributed by atoms with Crippen LogP contribution in [0.2, 0.25) is 0 Å². The van der Waals surface area contributed by atoms with E-state index >= 15 is 0 Å². The number of amides is 2. The molecule has 0 aromatic heterocycles. The van der Waals surface area contributed by atoms with Crippen LogP contribution in [0.15, 0.2) is 12.1 Å². The van der Waals surface area contributed by atoms with Crippen LogP contribution in [0, 0.1) is 5.82 Å². The molecule has 1 fully saturated rings. The summed E-state index contributed by atoms with van der Waals surface area (Å²) >= 11 is 0. The minimum Gasteiger partial charge on any atom is -0.494 e. The molecular formula is C13H16FN3O3. The minimum absolute atomic E-state index is 0.0365. The molecule has 1 aromatic rings. The number of hydrogen-bond donors (Lipinski definition) is 2. The predicted octanol–water partition coefficient (Wildman–Crippen LogP) is 0.976. The van der Waals surface area contributed by atoms with Gasteiger partial charge in [-0.05, 0) is 6.42 Å². The molecule has 1 saturated heterocycles. The van der Waals surface area contributed by atoms with E-state index in [0.29, 0.717) is 12.1 Å². The SMILES string of the molecule is COc1cc(NC2CCC(=O)N(C)C2=O)c(N)cc1F. The van der Waals surface area contributed by atoms with Crippen molar-refractivity contribution in [2.24, 2.45) is 0 Å². The van der Waals surface area contributed by atoms with Crippen molar-refractivity contribution in [3.8, 4) is 5.75 Å². The van der Waals surface area contributed by atoms with Crippen molar-refractivity contribution in [2.75, 3.05) is 25.2 Å². The van der Waals surface area contributed by atoms with Crippen molar-refractivity contribution < 1.29 is 18.7 Å². The first-order valence-corrected chi connectivity index (χ1v) is 6.14. The van der Waals surface area contributed by atoms with Gasteiger partial charge in [0.1, 0.15) is 6.04 Å². The molecule has 0 saturated carbocycles. The summed E-state index contributed by atoms with van der Waals surface area (Å²) in [5.41, 5.74) is 6.30. The van der Waals surface area contributed by atoms with E-state index in [0.717, 1.165) is 11.0 Å². The van der Waals surface area contributed by atoms with Gasteiger partial charge in [-0.25, -0.2) is 4.39 Å². The van der Waals surface area contributed by atoms with Crippen LogP contribution in [0.5, 0.6) is 5.75 Å². The quantitative estimate of drug-likeness (QED) is 0.637. The number of methoxy groups -OCH3 is 1. The molecule has 6 nitrogen and oxygen atoms in total. The highest BCUT2D eigenvalue weighted by atomic mass is 19.1. The van der Waals surface area contributed by atoms with Gasteiger partial charge in [-0.1, -0.05) is 0 Å². The van der Waals surface area contributed by atoms with Crippen LogP contribution in [0.25, 0.3) is 0 Å². The summed E-state index contributed by atoms with van der Waals surface area (Å²) in [5.74, 6) is -1.08. The third-order valence-electron chi connectivity index (χ3n) is 3.30. The Morgan fingerprint density at radius 1 is 1.45 bits per heavy atom. The lowest BCUT2D eigenvalue weighted by molar-refractivity contribution is -0.146. The molecule has 1 unspecified atom stereocenters. The maximum absolute atomic E-state index is 13.4. The average Bonchev–Trinajstić information content (AvgIpc) is 2.42. The van der Waals surface area contributed by atoms with E-state index in [4.69, 9.17) is 10.5 Å². The van der Waals surface area contributed by atoms with Crippen LogP contribution in [0.1, 0.15) is 12.8 Å². The number of carbonyl (C=O) groups excluding carboxylic acids is 2. The molecule has 0 aliphatic carbocycles. The average molecular weight is 281 g/mol. The lowest BCUT2D eigenvalue weighted by Crippen LogP contribution is -2.48. The van der Waals surface area contributed by atoms with E-state index in [2.05, 4.69) is 5.32 Å². The standard InChI is InChI=1S/C13H16FN3O3/c1-17-12(18)4-3-9(13(17)19)16-10-6-11(20-2)7(14)5-8(10)15/h5-6,9,16H,3-4,15H2,1-2H3. The van der Waals surface area contributed by atoms with E-state index in [-0.39, 0.29) is 29.7 Å². The molecule has 1 heterocycles. The number of nitrogens with one attached hydrogen (secondary N) is 1. The van der Waals surface area contributed by atoms with E-state index in [1.54, 1.807) is 0 Å². The number of ether oxygens (including phenoxy) is 1. The molecule has 1 aromatic carbocycles. The summed E-state index contributed by atoms with van der Waals surface area (Å²) in [5, 5.41) is 2.94. The van der Waals surface area contributed by atoms with Gasteiger partial charge in [0, 0.05) is 25.6 Å². The second-order valence-electron chi connectivity index (χ2n) is 4.60. The van der Waals surface area contributed by atoms with Gasteiger partial charge in [-0.3, -0.25) is 14.5 Å². The van der Waals surface area contributed by atoms with Gasteiger partial charge in [-0.15, -0.1) is 0 Å². The predicted molar refractivity (Wildman–Crippen MR) is 71.8 cm³/mol. The number of benzene rings is 1. The zero-order valence-electron chi connectivity index (χ0n) is 11.3. The first-order valence-electron chi connectivity index (χ1n) is 6.14. The third-order valence-corrected chi connectivity index (χ3v) is 3.30. The molecule has 108 valence electrons. The highest BCUT2D eigenvalue weighted by Gasteiger charge is 2.32. The first kappa shape index (κ1) is 14.1. The second-order valence-corrected chi connectivity index (χ2v) is 4.60. The Bertz CT molecular complexity index is 562. The molecule has 0 spiro atoms. The number of anilines is 2. The normalized spacial score (nSPS) is 19.1. The number of piperidine rings is 1. The summed E-state index contributed by atoms with van der Waals surface area (Å²) in [4.78, 5) is 24.4. The smallest absolute Gasteiger partial charge is 0.251 e. The largest absolute Gasteiger partial charge is 0.494 e. The molecular weight excluding hydrogens is 265 g/mol. The Hall–Kier alpha value is -2.31. The molecule has 20 heavy (non-hydrogen) atoms. The number of carbonyl (C=O) groups is 2. The van der Waals surface area contributed by atoms with Gasteiger partial charge >= 0.3 is 0 Å². The fourth-order valence-electron chi connectivity index (χ4n) is 2.09. The van der Waals surface area contributed by atoms with Gasteiger partial charge in [0.2, 0.25) is 5.91 Å². The van der Waals surface area contributed by atoms with Gasteiger partial charge < -0.3 is 15.8 Å². The van der Waals surface area contributed by atoms with Crippen LogP contribution in [0.3, 0.4) is 0 Å². The summed E-state index contributed by atoms with van der Waals surface area (Å²) < 4.78 is 18.3. The maximum atomic E-state index is 13.4. The fourth-order valence-corrected chi connectivity index (χ4v) is 2.09. The molecule has 0 bridgehead atoms.